The average Bonchev–Trinajstić information content (AvgIpc) is 2.80. The normalized spacial score (nSPS) is 17.7. The number of benzene rings is 2. The van der Waals surface area contributed by atoms with E-state index in [1.54, 1.807) is 12.1 Å². The van der Waals surface area contributed by atoms with Crippen molar-refractivity contribution in [3.05, 3.63) is 71.0 Å². The fourth-order valence-corrected chi connectivity index (χ4v) is 2.94. The second-order valence-corrected chi connectivity index (χ2v) is 5.10. The van der Waals surface area contributed by atoms with E-state index in [2.05, 4.69) is 24.3 Å². The van der Waals surface area contributed by atoms with Gasteiger partial charge in [0.1, 0.15) is 5.82 Å². The number of hydrogen-bond donors (Lipinski definition) is 0. The molecular weight excluding hydrogens is 223 g/mol. The highest BCUT2D eigenvalue weighted by molar-refractivity contribution is 5.35. The van der Waals surface area contributed by atoms with E-state index in [0.29, 0.717) is 5.92 Å². The lowest BCUT2D eigenvalue weighted by Crippen LogP contribution is -1.97. The molecule has 0 fully saturated rings. The van der Waals surface area contributed by atoms with Crippen LogP contribution >= 0.6 is 0 Å². The third-order valence-corrected chi connectivity index (χ3v) is 3.93. The highest BCUT2D eigenvalue weighted by atomic mass is 19.1. The number of fused-ring (bicyclic) bond motifs is 1. The zero-order valence-corrected chi connectivity index (χ0v) is 10.4. The molecule has 0 aromatic heterocycles. The largest absolute Gasteiger partial charge is 0.207 e. The molecule has 2 aromatic rings. The van der Waals surface area contributed by atoms with E-state index in [1.807, 2.05) is 12.1 Å². The van der Waals surface area contributed by atoms with Crippen molar-refractivity contribution in [3.63, 3.8) is 0 Å². The topological polar surface area (TPSA) is 0 Å². The summed E-state index contributed by atoms with van der Waals surface area (Å²) in [6, 6.07) is 15.8. The summed E-state index contributed by atoms with van der Waals surface area (Å²) in [7, 11) is 0. The first kappa shape index (κ1) is 11.5. The Balaban J connectivity index is 1.71. The smallest absolute Gasteiger partial charge is 0.123 e. The Morgan fingerprint density at radius 1 is 1.06 bits per heavy atom. The Kier molecular flexibility index (Phi) is 3.14. The second-order valence-electron chi connectivity index (χ2n) is 5.10. The second kappa shape index (κ2) is 4.93. The molecule has 1 atom stereocenters. The van der Waals surface area contributed by atoms with Crippen LogP contribution in [0.25, 0.3) is 0 Å². The molecule has 1 aliphatic rings. The molecule has 0 radical (unpaired) electrons. The van der Waals surface area contributed by atoms with Crippen molar-refractivity contribution < 1.29 is 4.39 Å². The molecule has 0 heterocycles. The maximum atomic E-state index is 13.3. The average molecular weight is 240 g/mol. The maximum Gasteiger partial charge on any atom is 0.123 e. The van der Waals surface area contributed by atoms with Crippen LogP contribution in [0.3, 0.4) is 0 Å². The van der Waals surface area contributed by atoms with Gasteiger partial charge in [0.15, 0.2) is 0 Å². The van der Waals surface area contributed by atoms with E-state index in [-0.39, 0.29) is 5.82 Å². The minimum absolute atomic E-state index is 0.0969. The minimum Gasteiger partial charge on any atom is -0.207 e. The van der Waals surface area contributed by atoms with Crippen molar-refractivity contribution in [1.82, 2.24) is 0 Å². The molecule has 0 amide bonds. The first-order chi connectivity index (χ1) is 8.83. The zero-order valence-electron chi connectivity index (χ0n) is 10.4. The molecule has 0 spiro atoms. The van der Waals surface area contributed by atoms with E-state index < -0.39 is 0 Å². The Bertz CT molecular complexity index is 531. The molecule has 0 nitrogen and oxygen atoms in total. The monoisotopic (exact) mass is 240 g/mol. The first-order valence-electron chi connectivity index (χ1n) is 6.65. The van der Waals surface area contributed by atoms with Crippen LogP contribution in [0, 0.1) is 5.82 Å². The molecule has 1 heteroatoms. The Labute approximate surface area is 107 Å². The fraction of sp³-hybridized carbons (Fsp3) is 0.294. The summed E-state index contributed by atoms with van der Waals surface area (Å²) in [5, 5.41) is 0. The summed E-state index contributed by atoms with van der Waals surface area (Å²) >= 11 is 0. The van der Waals surface area contributed by atoms with Gasteiger partial charge in [0, 0.05) is 0 Å². The van der Waals surface area contributed by atoms with Gasteiger partial charge in [-0.1, -0.05) is 36.4 Å². The predicted molar refractivity (Wildman–Crippen MR) is 72.2 cm³/mol. The van der Waals surface area contributed by atoms with Gasteiger partial charge in [0.2, 0.25) is 0 Å². The van der Waals surface area contributed by atoms with Crippen LogP contribution in [0.15, 0.2) is 48.5 Å². The van der Waals surface area contributed by atoms with Gasteiger partial charge in [0.25, 0.3) is 0 Å². The third-order valence-electron chi connectivity index (χ3n) is 3.93. The van der Waals surface area contributed by atoms with Crippen LogP contribution < -0.4 is 0 Å². The molecule has 0 saturated carbocycles. The van der Waals surface area contributed by atoms with E-state index in [0.717, 1.165) is 19.3 Å². The number of rotatable bonds is 3. The van der Waals surface area contributed by atoms with Crippen molar-refractivity contribution in [2.24, 2.45) is 0 Å². The van der Waals surface area contributed by atoms with Gasteiger partial charge < -0.3 is 0 Å². The summed E-state index contributed by atoms with van der Waals surface area (Å²) < 4.78 is 13.3. The van der Waals surface area contributed by atoms with Crippen molar-refractivity contribution in [3.8, 4) is 0 Å². The number of halogens is 1. The van der Waals surface area contributed by atoms with Gasteiger partial charge >= 0.3 is 0 Å². The van der Waals surface area contributed by atoms with Crippen LogP contribution in [0.2, 0.25) is 0 Å². The SMILES string of the molecule is Fc1ccc2c(c1)[C@H](CCc1ccccc1)CC2. The Morgan fingerprint density at radius 2 is 1.89 bits per heavy atom. The van der Waals surface area contributed by atoms with Gasteiger partial charge in [0.05, 0.1) is 0 Å². The van der Waals surface area contributed by atoms with Crippen molar-refractivity contribution in [1.29, 1.82) is 0 Å². The van der Waals surface area contributed by atoms with E-state index in [1.165, 1.54) is 23.1 Å². The molecular formula is C17H17F. The molecule has 18 heavy (non-hydrogen) atoms. The Morgan fingerprint density at radius 3 is 2.72 bits per heavy atom. The van der Waals surface area contributed by atoms with Crippen molar-refractivity contribution in [2.75, 3.05) is 0 Å². The summed E-state index contributed by atoms with van der Waals surface area (Å²) in [4.78, 5) is 0. The van der Waals surface area contributed by atoms with E-state index in [4.69, 9.17) is 0 Å². The fourth-order valence-electron chi connectivity index (χ4n) is 2.94. The molecule has 0 bridgehead atoms. The lowest BCUT2D eigenvalue weighted by atomic mass is 9.94. The summed E-state index contributed by atoms with van der Waals surface area (Å²) in [6.07, 6.45) is 4.49. The summed E-state index contributed by atoms with van der Waals surface area (Å²) in [5.41, 5.74) is 3.96. The minimum atomic E-state index is -0.0969. The number of aryl methyl sites for hydroxylation is 2. The summed E-state index contributed by atoms with van der Waals surface area (Å²) in [6.45, 7) is 0. The molecule has 0 N–H and O–H groups in total. The van der Waals surface area contributed by atoms with Gasteiger partial charge in [-0.25, -0.2) is 4.39 Å². The quantitative estimate of drug-likeness (QED) is 0.741. The van der Waals surface area contributed by atoms with E-state index in [9.17, 15) is 4.39 Å². The standard InChI is InChI=1S/C17H17F/c18-16-11-10-15-9-8-14(17(15)12-16)7-6-13-4-2-1-3-5-13/h1-5,10-12,14H,6-9H2/t14-/m1/s1. The highest BCUT2D eigenvalue weighted by Crippen LogP contribution is 2.36. The molecule has 0 unspecified atom stereocenters. The molecule has 0 saturated heterocycles. The summed E-state index contributed by atoms with van der Waals surface area (Å²) in [5.74, 6) is 0.441. The van der Waals surface area contributed by atoms with Crippen LogP contribution in [0.5, 0.6) is 0 Å². The zero-order chi connectivity index (χ0) is 12.4. The van der Waals surface area contributed by atoms with Crippen molar-refractivity contribution in [2.45, 2.75) is 31.6 Å². The van der Waals surface area contributed by atoms with Gasteiger partial charge in [-0.2, -0.15) is 0 Å². The lowest BCUT2D eigenvalue weighted by molar-refractivity contribution is 0.602. The van der Waals surface area contributed by atoms with Gasteiger partial charge in [-0.3, -0.25) is 0 Å². The van der Waals surface area contributed by atoms with E-state index >= 15 is 0 Å². The highest BCUT2D eigenvalue weighted by Gasteiger charge is 2.22. The van der Waals surface area contributed by atoms with Crippen LogP contribution in [-0.4, -0.2) is 0 Å². The maximum absolute atomic E-state index is 13.3. The molecule has 2 aromatic carbocycles. The third kappa shape index (κ3) is 2.31. The van der Waals surface area contributed by atoms with Crippen LogP contribution in [0.1, 0.15) is 35.4 Å². The molecule has 92 valence electrons. The van der Waals surface area contributed by atoms with Crippen molar-refractivity contribution >= 4 is 0 Å². The molecule has 3 rings (SSSR count). The number of hydrogen-bond acceptors (Lipinski definition) is 0. The van der Waals surface area contributed by atoms with Crippen LogP contribution in [-0.2, 0) is 12.8 Å². The molecule has 0 aliphatic heterocycles. The van der Waals surface area contributed by atoms with Crippen LogP contribution in [0.4, 0.5) is 4.39 Å². The predicted octanol–water partition coefficient (Wildman–Crippen LogP) is 4.49. The van der Waals surface area contributed by atoms with Gasteiger partial charge in [-0.15, -0.1) is 0 Å². The van der Waals surface area contributed by atoms with Gasteiger partial charge in [-0.05, 0) is 60.4 Å². The lowest BCUT2D eigenvalue weighted by Gasteiger charge is -2.11. The Hall–Kier alpha value is -1.63. The first-order valence-corrected chi connectivity index (χ1v) is 6.65. The molecule has 1 aliphatic carbocycles.